The van der Waals surface area contributed by atoms with Gasteiger partial charge in [-0.05, 0) is 53.5 Å². The molecule has 1 aliphatic carbocycles. The maximum absolute atomic E-state index is 12.0. The van der Waals surface area contributed by atoms with Crippen LogP contribution in [0.1, 0.15) is 32.1 Å². The molecule has 4 nitrogen and oxygen atoms in total. The van der Waals surface area contributed by atoms with Gasteiger partial charge in [0.15, 0.2) is 0 Å². The van der Waals surface area contributed by atoms with E-state index in [9.17, 15) is 8.42 Å². The summed E-state index contributed by atoms with van der Waals surface area (Å²) in [4.78, 5) is 4.06. The van der Waals surface area contributed by atoms with E-state index in [0.29, 0.717) is 11.7 Å². The Kier molecular flexibility index (Phi) is 4.83. The van der Waals surface area contributed by atoms with Crippen molar-refractivity contribution in [2.45, 2.75) is 32.1 Å². The summed E-state index contributed by atoms with van der Waals surface area (Å²) < 4.78 is 27.5. The van der Waals surface area contributed by atoms with Gasteiger partial charge in [-0.1, -0.05) is 19.3 Å². The van der Waals surface area contributed by atoms with Crippen molar-refractivity contribution in [3.05, 3.63) is 21.9 Å². The van der Waals surface area contributed by atoms with E-state index in [2.05, 4.69) is 32.3 Å². The van der Waals surface area contributed by atoms with E-state index in [4.69, 9.17) is 0 Å². The Morgan fingerprint density at radius 1 is 1.28 bits per heavy atom. The first-order chi connectivity index (χ1) is 8.55. The van der Waals surface area contributed by atoms with Crippen LogP contribution < -0.4 is 4.72 Å². The molecule has 1 aromatic rings. The van der Waals surface area contributed by atoms with Gasteiger partial charge in [0.05, 0.1) is 5.75 Å². The van der Waals surface area contributed by atoms with Crippen molar-refractivity contribution in [2.24, 2.45) is 5.92 Å². The minimum Gasteiger partial charge on any atom is -0.267 e. The summed E-state index contributed by atoms with van der Waals surface area (Å²) in [5.74, 6) is 0.937. The Morgan fingerprint density at radius 2 is 2.00 bits per heavy atom. The van der Waals surface area contributed by atoms with Gasteiger partial charge in [-0.25, -0.2) is 13.4 Å². The van der Waals surface area contributed by atoms with E-state index >= 15 is 0 Å². The number of nitrogens with one attached hydrogen (secondary N) is 1. The fourth-order valence-electron chi connectivity index (χ4n) is 2.30. The first-order valence-electron chi connectivity index (χ1n) is 6.17. The molecule has 0 unspecified atom stereocenters. The van der Waals surface area contributed by atoms with Gasteiger partial charge in [0.25, 0.3) is 0 Å². The second-order valence-corrected chi connectivity index (χ2v) is 7.76. The van der Waals surface area contributed by atoms with Crippen molar-refractivity contribution >= 4 is 38.4 Å². The van der Waals surface area contributed by atoms with Gasteiger partial charge in [-0.2, -0.15) is 0 Å². The van der Waals surface area contributed by atoms with Crippen LogP contribution in [0.2, 0.25) is 0 Å². The highest BCUT2D eigenvalue weighted by molar-refractivity contribution is 14.1. The van der Waals surface area contributed by atoms with E-state index in [1.165, 1.54) is 6.42 Å². The summed E-state index contributed by atoms with van der Waals surface area (Å²) >= 11 is 2.14. The van der Waals surface area contributed by atoms with Crippen LogP contribution in [0, 0.1) is 9.49 Å². The Morgan fingerprint density at radius 3 is 2.61 bits per heavy atom. The van der Waals surface area contributed by atoms with E-state index in [1.807, 2.05) is 6.07 Å². The molecule has 0 bridgehead atoms. The number of aromatic nitrogens is 1. The number of rotatable bonds is 4. The van der Waals surface area contributed by atoms with Gasteiger partial charge in [0, 0.05) is 9.77 Å². The van der Waals surface area contributed by atoms with Gasteiger partial charge in [0.2, 0.25) is 10.0 Å². The third-order valence-electron chi connectivity index (χ3n) is 3.17. The molecular weight excluding hydrogens is 363 g/mol. The molecule has 6 heteroatoms. The first kappa shape index (κ1) is 14.0. The second kappa shape index (κ2) is 6.18. The SMILES string of the molecule is O=S(=O)(CC1CCCCC1)Nc1ccc(I)cn1. The average Bonchev–Trinajstić information content (AvgIpc) is 2.32. The number of hydrogen-bond donors (Lipinski definition) is 1. The fourth-order valence-corrected chi connectivity index (χ4v) is 4.10. The largest absolute Gasteiger partial charge is 0.267 e. The number of hydrogen-bond acceptors (Lipinski definition) is 3. The van der Waals surface area contributed by atoms with Crippen LogP contribution in [0.25, 0.3) is 0 Å². The molecule has 1 saturated carbocycles. The number of sulfonamides is 1. The van der Waals surface area contributed by atoms with Gasteiger partial charge < -0.3 is 0 Å². The lowest BCUT2D eigenvalue weighted by atomic mass is 9.91. The summed E-state index contributed by atoms with van der Waals surface area (Å²) in [6.07, 6.45) is 7.26. The quantitative estimate of drug-likeness (QED) is 0.817. The molecule has 1 aromatic heterocycles. The van der Waals surface area contributed by atoms with Crippen LogP contribution in [0.4, 0.5) is 5.82 Å². The molecule has 2 rings (SSSR count). The van der Waals surface area contributed by atoms with Crippen molar-refractivity contribution in [1.29, 1.82) is 0 Å². The van der Waals surface area contributed by atoms with E-state index in [1.54, 1.807) is 12.3 Å². The summed E-state index contributed by atoms with van der Waals surface area (Å²) in [6.45, 7) is 0. The van der Waals surface area contributed by atoms with Crippen LogP contribution in [-0.4, -0.2) is 19.2 Å². The molecule has 0 atom stereocenters. The molecule has 1 heterocycles. The zero-order valence-electron chi connectivity index (χ0n) is 10.1. The summed E-state index contributed by atoms with van der Waals surface area (Å²) in [5, 5.41) is 0. The lowest BCUT2D eigenvalue weighted by Gasteiger charge is -2.21. The Balaban J connectivity index is 1.96. The highest BCUT2D eigenvalue weighted by Crippen LogP contribution is 2.25. The second-order valence-electron chi connectivity index (χ2n) is 4.75. The number of halogens is 1. The van der Waals surface area contributed by atoms with Crippen molar-refractivity contribution in [3.63, 3.8) is 0 Å². The third-order valence-corrected chi connectivity index (χ3v) is 5.24. The molecule has 0 saturated heterocycles. The monoisotopic (exact) mass is 380 g/mol. The molecule has 1 fully saturated rings. The Labute approximate surface area is 122 Å². The van der Waals surface area contributed by atoms with Gasteiger partial charge in [0.1, 0.15) is 5.82 Å². The molecule has 0 radical (unpaired) electrons. The molecule has 0 aliphatic heterocycles. The van der Waals surface area contributed by atoms with E-state index in [0.717, 1.165) is 29.3 Å². The highest BCUT2D eigenvalue weighted by Gasteiger charge is 2.21. The number of nitrogens with zero attached hydrogens (tertiary/aromatic N) is 1. The van der Waals surface area contributed by atoms with Crippen LogP contribution >= 0.6 is 22.6 Å². The third kappa shape index (κ3) is 4.38. The van der Waals surface area contributed by atoms with Crippen LogP contribution in [0.3, 0.4) is 0 Å². The lowest BCUT2D eigenvalue weighted by molar-refractivity contribution is 0.385. The number of anilines is 1. The summed E-state index contributed by atoms with van der Waals surface area (Å²) in [5.41, 5.74) is 0. The van der Waals surface area contributed by atoms with Gasteiger partial charge in [-0.3, -0.25) is 4.72 Å². The molecule has 18 heavy (non-hydrogen) atoms. The molecule has 0 amide bonds. The summed E-state index contributed by atoms with van der Waals surface area (Å²) in [6, 6.07) is 3.53. The van der Waals surface area contributed by atoms with Gasteiger partial charge >= 0.3 is 0 Å². The van der Waals surface area contributed by atoms with Crippen molar-refractivity contribution < 1.29 is 8.42 Å². The Bertz CT molecular complexity index is 481. The van der Waals surface area contributed by atoms with Crippen LogP contribution in [-0.2, 0) is 10.0 Å². The maximum atomic E-state index is 12.0. The van der Waals surface area contributed by atoms with Crippen LogP contribution in [0.15, 0.2) is 18.3 Å². The molecule has 1 aliphatic rings. The zero-order valence-corrected chi connectivity index (χ0v) is 13.1. The van der Waals surface area contributed by atoms with Crippen molar-refractivity contribution in [3.8, 4) is 0 Å². The molecular formula is C12H17IN2O2S. The van der Waals surface area contributed by atoms with E-state index < -0.39 is 10.0 Å². The smallest absolute Gasteiger partial charge is 0.234 e. The first-order valence-corrected chi connectivity index (χ1v) is 8.90. The predicted molar refractivity (Wildman–Crippen MR) is 80.9 cm³/mol. The minimum absolute atomic E-state index is 0.223. The van der Waals surface area contributed by atoms with Crippen molar-refractivity contribution in [2.75, 3.05) is 10.5 Å². The average molecular weight is 380 g/mol. The van der Waals surface area contributed by atoms with Gasteiger partial charge in [-0.15, -0.1) is 0 Å². The predicted octanol–water partition coefficient (Wildman–Crippen LogP) is 3.01. The highest BCUT2D eigenvalue weighted by atomic mass is 127. The molecule has 0 aromatic carbocycles. The zero-order chi connectivity index (χ0) is 13.0. The fraction of sp³-hybridized carbons (Fsp3) is 0.583. The molecule has 100 valence electrons. The van der Waals surface area contributed by atoms with Crippen molar-refractivity contribution in [1.82, 2.24) is 4.98 Å². The molecule has 1 N–H and O–H groups in total. The topological polar surface area (TPSA) is 59.1 Å². The normalized spacial score (nSPS) is 17.6. The molecule has 0 spiro atoms. The van der Waals surface area contributed by atoms with Crippen LogP contribution in [0.5, 0.6) is 0 Å². The number of pyridine rings is 1. The Hall–Kier alpha value is -0.370. The summed E-state index contributed by atoms with van der Waals surface area (Å²) in [7, 11) is -3.26. The minimum atomic E-state index is -3.26. The maximum Gasteiger partial charge on any atom is 0.234 e. The standard InChI is InChI=1S/C12H17IN2O2S/c13-11-6-7-12(14-8-11)15-18(16,17)9-10-4-2-1-3-5-10/h6-8,10H,1-5,9H2,(H,14,15). The van der Waals surface area contributed by atoms with E-state index in [-0.39, 0.29) is 5.75 Å². The lowest BCUT2D eigenvalue weighted by Crippen LogP contribution is -2.24.